The van der Waals surface area contributed by atoms with Crippen molar-refractivity contribution in [2.75, 3.05) is 6.61 Å². The maximum atomic E-state index is 11.9. The van der Waals surface area contributed by atoms with Crippen LogP contribution >= 0.6 is 0 Å². The standard InChI is InChI=1S/C23H42O4/c1-2-3-4-5-6-7-10-15-20-26-22(24)18-13-14-19-23(25)27-21-16-11-8-9-12-17-21/h21H,2-20H2,1H3. The second kappa shape index (κ2) is 17.1. The monoisotopic (exact) mass is 382 g/mol. The third-order valence-electron chi connectivity index (χ3n) is 5.37. The maximum Gasteiger partial charge on any atom is 0.306 e. The van der Waals surface area contributed by atoms with Crippen molar-refractivity contribution < 1.29 is 19.1 Å². The summed E-state index contributed by atoms with van der Waals surface area (Å²) in [6.07, 6.45) is 19.2. The van der Waals surface area contributed by atoms with E-state index in [1.54, 1.807) is 0 Å². The summed E-state index contributed by atoms with van der Waals surface area (Å²) in [4.78, 5) is 23.6. The third kappa shape index (κ3) is 14.6. The molecule has 1 fully saturated rings. The molecular formula is C23H42O4. The van der Waals surface area contributed by atoms with E-state index in [0.717, 1.165) is 25.7 Å². The van der Waals surface area contributed by atoms with Gasteiger partial charge in [-0.3, -0.25) is 9.59 Å². The molecule has 1 saturated carbocycles. The van der Waals surface area contributed by atoms with Gasteiger partial charge in [-0.05, 0) is 44.9 Å². The van der Waals surface area contributed by atoms with Crippen molar-refractivity contribution in [2.24, 2.45) is 0 Å². The van der Waals surface area contributed by atoms with Crippen LogP contribution in [0.25, 0.3) is 0 Å². The molecule has 0 amide bonds. The van der Waals surface area contributed by atoms with Crippen molar-refractivity contribution >= 4 is 11.9 Å². The van der Waals surface area contributed by atoms with Crippen LogP contribution in [0.1, 0.15) is 122 Å². The highest BCUT2D eigenvalue weighted by atomic mass is 16.5. The van der Waals surface area contributed by atoms with Gasteiger partial charge in [0.1, 0.15) is 6.10 Å². The first kappa shape index (κ1) is 24.0. The molecule has 0 atom stereocenters. The molecule has 0 unspecified atom stereocenters. The summed E-state index contributed by atoms with van der Waals surface area (Å²) in [5.41, 5.74) is 0. The van der Waals surface area contributed by atoms with Crippen LogP contribution in [0.4, 0.5) is 0 Å². The first-order valence-corrected chi connectivity index (χ1v) is 11.6. The van der Waals surface area contributed by atoms with Crippen LogP contribution in [0.5, 0.6) is 0 Å². The molecule has 1 rings (SSSR count). The Morgan fingerprint density at radius 2 is 1.26 bits per heavy atom. The van der Waals surface area contributed by atoms with Gasteiger partial charge in [0.15, 0.2) is 0 Å². The van der Waals surface area contributed by atoms with Crippen molar-refractivity contribution in [1.82, 2.24) is 0 Å². The number of carbonyl (C=O) groups is 2. The van der Waals surface area contributed by atoms with Crippen LogP contribution in [0.15, 0.2) is 0 Å². The lowest BCUT2D eigenvalue weighted by Gasteiger charge is -2.15. The summed E-state index contributed by atoms with van der Waals surface area (Å²) >= 11 is 0. The molecule has 158 valence electrons. The molecule has 4 nitrogen and oxygen atoms in total. The summed E-state index contributed by atoms with van der Waals surface area (Å²) in [7, 11) is 0. The van der Waals surface area contributed by atoms with Crippen molar-refractivity contribution in [2.45, 2.75) is 129 Å². The number of carbonyl (C=O) groups excluding carboxylic acids is 2. The van der Waals surface area contributed by atoms with E-state index in [2.05, 4.69) is 6.92 Å². The van der Waals surface area contributed by atoms with Crippen LogP contribution in [0.2, 0.25) is 0 Å². The van der Waals surface area contributed by atoms with Gasteiger partial charge in [0.2, 0.25) is 0 Å². The van der Waals surface area contributed by atoms with Crippen LogP contribution in [-0.2, 0) is 19.1 Å². The second-order valence-electron chi connectivity index (χ2n) is 8.01. The molecule has 1 aliphatic carbocycles. The number of rotatable bonds is 15. The van der Waals surface area contributed by atoms with E-state index in [0.29, 0.717) is 32.3 Å². The second-order valence-corrected chi connectivity index (χ2v) is 8.01. The van der Waals surface area contributed by atoms with Gasteiger partial charge in [-0.2, -0.15) is 0 Å². The number of ether oxygens (including phenoxy) is 2. The minimum absolute atomic E-state index is 0.103. The van der Waals surface area contributed by atoms with Gasteiger partial charge < -0.3 is 9.47 Å². The Morgan fingerprint density at radius 3 is 1.89 bits per heavy atom. The molecule has 0 bridgehead atoms. The first-order valence-electron chi connectivity index (χ1n) is 11.6. The van der Waals surface area contributed by atoms with Gasteiger partial charge in [-0.1, -0.05) is 64.7 Å². The predicted octanol–water partition coefficient (Wildman–Crippen LogP) is 6.50. The van der Waals surface area contributed by atoms with Crippen molar-refractivity contribution in [3.8, 4) is 0 Å². The fourth-order valence-corrected chi connectivity index (χ4v) is 3.64. The van der Waals surface area contributed by atoms with E-state index >= 15 is 0 Å². The van der Waals surface area contributed by atoms with Gasteiger partial charge in [-0.25, -0.2) is 0 Å². The molecule has 0 aliphatic heterocycles. The third-order valence-corrected chi connectivity index (χ3v) is 5.37. The summed E-state index contributed by atoms with van der Waals surface area (Å²) in [6, 6.07) is 0. The first-order chi connectivity index (χ1) is 13.2. The number of esters is 2. The molecule has 0 spiro atoms. The average Bonchev–Trinajstić information content (AvgIpc) is 2.92. The fraction of sp³-hybridized carbons (Fsp3) is 0.913. The normalized spacial score (nSPS) is 15.3. The fourth-order valence-electron chi connectivity index (χ4n) is 3.64. The van der Waals surface area contributed by atoms with Crippen molar-refractivity contribution in [3.63, 3.8) is 0 Å². The smallest absolute Gasteiger partial charge is 0.306 e. The summed E-state index contributed by atoms with van der Waals surface area (Å²) in [5, 5.41) is 0. The van der Waals surface area contributed by atoms with Crippen molar-refractivity contribution in [3.05, 3.63) is 0 Å². The molecule has 0 N–H and O–H groups in total. The molecule has 0 heterocycles. The molecule has 0 aromatic rings. The molecular weight excluding hydrogens is 340 g/mol. The van der Waals surface area contributed by atoms with E-state index in [4.69, 9.17) is 9.47 Å². The zero-order valence-corrected chi connectivity index (χ0v) is 17.6. The Labute approximate surface area is 166 Å². The molecule has 0 saturated heterocycles. The molecule has 4 heteroatoms. The van der Waals surface area contributed by atoms with E-state index < -0.39 is 0 Å². The van der Waals surface area contributed by atoms with Crippen LogP contribution < -0.4 is 0 Å². The minimum Gasteiger partial charge on any atom is -0.466 e. The Kier molecular flexibility index (Phi) is 15.2. The quantitative estimate of drug-likeness (QED) is 0.184. The Balaban J connectivity index is 1.88. The highest BCUT2D eigenvalue weighted by Gasteiger charge is 2.16. The number of unbranched alkanes of at least 4 members (excludes halogenated alkanes) is 8. The van der Waals surface area contributed by atoms with Gasteiger partial charge in [0.05, 0.1) is 6.61 Å². The molecule has 0 aromatic carbocycles. The van der Waals surface area contributed by atoms with Crippen molar-refractivity contribution in [1.29, 1.82) is 0 Å². The van der Waals surface area contributed by atoms with Crippen LogP contribution in [0, 0.1) is 0 Å². The largest absolute Gasteiger partial charge is 0.466 e. The Hall–Kier alpha value is -1.06. The Bertz CT molecular complexity index is 373. The number of hydrogen-bond acceptors (Lipinski definition) is 4. The molecule has 0 aromatic heterocycles. The lowest BCUT2D eigenvalue weighted by molar-refractivity contribution is -0.150. The Morgan fingerprint density at radius 1 is 0.704 bits per heavy atom. The maximum absolute atomic E-state index is 11.9. The van der Waals surface area contributed by atoms with Gasteiger partial charge in [0, 0.05) is 12.8 Å². The summed E-state index contributed by atoms with van der Waals surface area (Å²) in [5.74, 6) is -0.232. The highest BCUT2D eigenvalue weighted by molar-refractivity contribution is 5.70. The van der Waals surface area contributed by atoms with E-state index in [1.165, 1.54) is 64.2 Å². The lowest BCUT2D eigenvalue weighted by Crippen LogP contribution is -2.17. The zero-order chi connectivity index (χ0) is 19.6. The topological polar surface area (TPSA) is 52.6 Å². The van der Waals surface area contributed by atoms with Gasteiger partial charge in [0.25, 0.3) is 0 Å². The summed E-state index contributed by atoms with van der Waals surface area (Å²) < 4.78 is 10.8. The molecule has 1 aliphatic rings. The zero-order valence-electron chi connectivity index (χ0n) is 17.6. The molecule has 27 heavy (non-hydrogen) atoms. The predicted molar refractivity (Wildman–Crippen MR) is 110 cm³/mol. The number of hydrogen-bond donors (Lipinski definition) is 0. The highest BCUT2D eigenvalue weighted by Crippen LogP contribution is 2.20. The van der Waals surface area contributed by atoms with Crippen LogP contribution in [0.3, 0.4) is 0 Å². The van der Waals surface area contributed by atoms with Gasteiger partial charge >= 0.3 is 11.9 Å². The lowest BCUT2D eigenvalue weighted by atomic mass is 10.1. The minimum atomic E-state index is -0.130. The van der Waals surface area contributed by atoms with E-state index in [1.807, 2.05) is 0 Å². The van der Waals surface area contributed by atoms with Crippen LogP contribution in [-0.4, -0.2) is 24.6 Å². The molecule has 0 radical (unpaired) electrons. The van der Waals surface area contributed by atoms with Gasteiger partial charge in [-0.15, -0.1) is 0 Å². The average molecular weight is 383 g/mol. The van der Waals surface area contributed by atoms with E-state index in [-0.39, 0.29) is 18.0 Å². The summed E-state index contributed by atoms with van der Waals surface area (Å²) in [6.45, 7) is 2.77. The van der Waals surface area contributed by atoms with E-state index in [9.17, 15) is 9.59 Å². The SMILES string of the molecule is CCCCCCCCCCOC(=O)CCCCC(=O)OC1CCCCCC1.